The molecular formula is C16H22N4O3. The summed E-state index contributed by atoms with van der Waals surface area (Å²) >= 11 is 0. The normalized spacial score (nSPS) is 26.0. The number of ether oxygens (including phenoxy) is 1. The van der Waals surface area contributed by atoms with Crippen LogP contribution < -0.4 is 10.2 Å². The Morgan fingerprint density at radius 3 is 2.83 bits per heavy atom. The molecule has 1 aromatic heterocycles. The fourth-order valence-electron chi connectivity index (χ4n) is 3.83. The highest BCUT2D eigenvalue weighted by Gasteiger charge is 2.47. The molecule has 2 fully saturated rings. The van der Waals surface area contributed by atoms with Gasteiger partial charge in [-0.2, -0.15) is 5.10 Å². The first-order valence-corrected chi connectivity index (χ1v) is 8.38. The van der Waals surface area contributed by atoms with Crippen molar-refractivity contribution in [1.29, 1.82) is 0 Å². The predicted octanol–water partition coefficient (Wildman–Crippen LogP) is 1.60. The van der Waals surface area contributed by atoms with Crippen molar-refractivity contribution in [2.45, 2.75) is 63.1 Å². The molecule has 0 radical (unpaired) electrons. The molecule has 23 heavy (non-hydrogen) atoms. The molecule has 7 heteroatoms. The number of carbonyl (C=O) groups excluding carboxylic acids is 2. The second-order valence-electron chi connectivity index (χ2n) is 6.79. The van der Waals surface area contributed by atoms with Crippen molar-refractivity contribution < 1.29 is 14.3 Å². The number of urea groups is 1. The maximum atomic E-state index is 12.7. The molecule has 3 amide bonds. The number of carbonyl (C=O) groups is 2. The first-order chi connectivity index (χ1) is 11.1. The molecule has 4 rings (SSSR count). The number of hydrogen-bond acceptors (Lipinski definition) is 4. The highest BCUT2D eigenvalue weighted by Crippen LogP contribution is 2.40. The summed E-state index contributed by atoms with van der Waals surface area (Å²) in [4.78, 5) is 26.2. The van der Waals surface area contributed by atoms with Crippen LogP contribution in [0, 0.1) is 0 Å². The van der Waals surface area contributed by atoms with E-state index in [-0.39, 0.29) is 17.5 Å². The molecular weight excluding hydrogens is 296 g/mol. The van der Waals surface area contributed by atoms with Crippen LogP contribution in [-0.4, -0.2) is 40.5 Å². The Hall–Kier alpha value is -1.89. The zero-order chi connectivity index (χ0) is 16.0. The fraction of sp³-hybridized carbons (Fsp3) is 0.688. The lowest BCUT2D eigenvalue weighted by molar-refractivity contribution is -0.123. The van der Waals surface area contributed by atoms with Gasteiger partial charge >= 0.3 is 6.03 Å². The molecule has 0 spiro atoms. The number of anilines is 1. The second-order valence-corrected chi connectivity index (χ2v) is 6.79. The first-order valence-electron chi connectivity index (χ1n) is 8.38. The van der Waals surface area contributed by atoms with Crippen LogP contribution in [0.2, 0.25) is 0 Å². The highest BCUT2D eigenvalue weighted by molar-refractivity contribution is 6.20. The van der Waals surface area contributed by atoms with E-state index in [9.17, 15) is 9.59 Å². The summed E-state index contributed by atoms with van der Waals surface area (Å²) in [7, 11) is 1.68. The molecule has 1 aromatic rings. The third-order valence-electron chi connectivity index (χ3n) is 5.43. The van der Waals surface area contributed by atoms with Crippen LogP contribution in [0.3, 0.4) is 0 Å². The standard InChI is InChI=1S/C16H22N4O3/c1-23-16(6-4-7-16)10-12-14(21)20(15(22)17-12)13-9-11-5-2-3-8-19(11)18-13/h9,12H,2-8,10H2,1H3,(H,17,22). The topological polar surface area (TPSA) is 76.5 Å². The molecule has 0 aromatic carbocycles. The van der Waals surface area contributed by atoms with Crippen molar-refractivity contribution >= 4 is 17.8 Å². The lowest BCUT2D eigenvalue weighted by atomic mass is 9.75. The predicted molar refractivity (Wildman–Crippen MR) is 83.2 cm³/mol. The summed E-state index contributed by atoms with van der Waals surface area (Å²) in [6.45, 7) is 0.856. The SMILES string of the molecule is COC1(CC2NC(=O)N(c3cc4n(n3)CCCC4)C2=O)CCC1. The van der Waals surface area contributed by atoms with Crippen LogP contribution in [0.5, 0.6) is 0 Å². The molecule has 3 heterocycles. The van der Waals surface area contributed by atoms with Crippen molar-refractivity contribution in [2.24, 2.45) is 0 Å². The number of hydrogen-bond donors (Lipinski definition) is 1. The number of imide groups is 1. The lowest BCUT2D eigenvalue weighted by Gasteiger charge is -2.41. The van der Waals surface area contributed by atoms with Gasteiger partial charge < -0.3 is 10.1 Å². The smallest absolute Gasteiger partial charge is 0.330 e. The van der Waals surface area contributed by atoms with E-state index in [4.69, 9.17) is 4.74 Å². The number of methoxy groups -OCH3 is 1. The van der Waals surface area contributed by atoms with Crippen molar-refractivity contribution in [2.75, 3.05) is 12.0 Å². The van der Waals surface area contributed by atoms with Gasteiger partial charge in [-0.05, 0) is 38.5 Å². The maximum Gasteiger partial charge on any atom is 0.330 e. The van der Waals surface area contributed by atoms with Crippen molar-refractivity contribution in [3.63, 3.8) is 0 Å². The molecule has 124 valence electrons. The Bertz CT molecular complexity index is 621. The molecule has 1 atom stereocenters. The molecule has 1 saturated heterocycles. The monoisotopic (exact) mass is 318 g/mol. The van der Waals surface area contributed by atoms with E-state index in [1.54, 1.807) is 7.11 Å². The average molecular weight is 318 g/mol. The lowest BCUT2D eigenvalue weighted by Crippen LogP contribution is -2.46. The van der Waals surface area contributed by atoms with Gasteiger partial charge in [0, 0.05) is 31.8 Å². The van der Waals surface area contributed by atoms with Gasteiger partial charge in [0.1, 0.15) is 6.04 Å². The van der Waals surface area contributed by atoms with Crippen LogP contribution >= 0.6 is 0 Å². The molecule has 1 N–H and O–H groups in total. The van der Waals surface area contributed by atoms with Crippen LogP contribution in [0.15, 0.2) is 6.07 Å². The quantitative estimate of drug-likeness (QED) is 0.856. The number of aromatic nitrogens is 2. The Labute approximate surface area is 135 Å². The van der Waals surface area contributed by atoms with Crippen molar-refractivity contribution in [3.05, 3.63) is 11.8 Å². The first kappa shape index (κ1) is 14.7. The summed E-state index contributed by atoms with van der Waals surface area (Å²) in [5.74, 6) is 0.237. The second kappa shape index (κ2) is 5.33. The van der Waals surface area contributed by atoms with Gasteiger partial charge in [-0.1, -0.05) is 0 Å². The number of rotatable bonds is 4. The number of amides is 3. The van der Waals surface area contributed by atoms with Gasteiger partial charge in [0.2, 0.25) is 0 Å². The molecule has 1 aliphatic carbocycles. The summed E-state index contributed by atoms with van der Waals surface area (Å²) in [5.41, 5.74) is 0.847. The molecule has 1 saturated carbocycles. The largest absolute Gasteiger partial charge is 0.378 e. The maximum absolute atomic E-state index is 12.7. The Morgan fingerprint density at radius 2 is 2.17 bits per heavy atom. The van der Waals surface area contributed by atoms with E-state index in [1.807, 2.05) is 10.7 Å². The van der Waals surface area contributed by atoms with Crippen LogP contribution in [0.25, 0.3) is 0 Å². The fourth-order valence-corrected chi connectivity index (χ4v) is 3.83. The minimum absolute atomic E-state index is 0.214. The third kappa shape index (κ3) is 2.34. The Morgan fingerprint density at radius 1 is 1.35 bits per heavy atom. The zero-order valence-electron chi connectivity index (χ0n) is 13.4. The molecule has 2 aliphatic heterocycles. The Kier molecular flexibility index (Phi) is 3.41. The van der Waals surface area contributed by atoms with Crippen molar-refractivity contribution in [1.82, 2.24) is 15.1 Å². The molecule has 0 bridgehead atoms. The summed E-state index contributed by atoms with van der Waals surface area (Å²) in [5, 5.41) is 7.25. The van der Waals surface area contributed by atoms with Crippen LogP contribution in [0.1, 0.15) is 44.2 Å². The van der Waals surface area contributed by atoms with Crippen LogP contribution in [0.4, 0.5) is 10.6 Å². The van der Waals surface area contributed by atoms with Gasteiger partial charge in [0.15, 0.2) is 5.82 Å². The molecule has 7 nitrogen and oxygen atoms in total. The van der Waals surface area contributed by atoms with Gasteiger partial charge in [-0.25, -0.2) is 9.69 Å². The van der Waals surface area contributed by atoms with E-state index in [2.05, 4.69) is 10.4 Å². The van der Waals surface area contributed by atoms with Crippen LogP contribution in [-0.2, 0) is 22.5 Å². The van der Waals surface area contributed by atoms with E-state index in [0.717, 1.165) is 50.8 Å². The number of nitrogens with zero attached hydrogens (tertiary/aromatic N) is 3. The summed E-state index contributed by atoms with van der Waals surface area (Å²) in [6, 6.07) is 0.983. The molecule has 1 unspecified atom stereocenters. The number of nitrogens with one attached hydrogen (secondary N) is 1. The summed E-state index contributed by atoms with van der Waals surface area (Å²) < 4.78 is 7.50. The number of aryl methyl sites for hydroxylation is 2. The third-order valence-corrected chi connectivity index (χ3v) is 5.43. The van der Waals surface area contributed by atoms with Gasteiger partial charge in [-0.15, -0.1) is 0 Å². The van der Waals surface area contributed by atoms with Gasteiger partial charge in [-0.3, -0.25) is 9.48 Å². The minimum atomic E-state index is -0.513. The molecule has 3 aliphatic rings. The zero-order valence-corrected chi connectivity index (χ0v) is 13.4. The minimum Gasteiger partial charge on any atom is -0.378 e. The van der Waals surface area contributed by atoms with E-state index in [0.29, 0.717) is 12.2 Å². The highest BCUT2D eigenvalue weighted by atomic mass is 16.5. The Balaban J connectivity index is 1.54. The summed E-state index contributed by atoms with van der Waals surface area (Å²) in [6.07, 6.45) is 6.71. The number of fused-ring (bicyclic) bond motifs is 1. The van der Waals surface area contributed by atoms with E-state index in [1.165, 1.54) is 4.90 Å². The van der Waals surface area contributed by atoms with E-state index < -0.39 is 6.04 Å². The van der Waals surface area contributed by atoms with Crippen molar-refractivity contribution in [3.8, 4) is 0 Å². The van der Waals surface area contributed by atoms with Gasteiger partial charge in [0.05, 0.1) is 5.60 Å². The van der Waals surface area contributed by atoms with E-state index >= 15 is 0 Å². The average Bonchev–Trinajstić information content (AvgIpc) is 3.03. The van der Waals surface area contributed by atoms with Gasteiger partial charge in [0.25, 0.3) is 5.91 Å².